The summed E-state index contributed by atoms with van der Waals surface area (Å²) in [4.78, 5) is 0. The topological polar surface area (TPSA) is 34.1 Å². The van der Waals surface area contributed by atoms with Gasteiger partial charge in [-0.05, 0) is 0 Å². The van der Waals surface area contributed by atoms with E-state index >= 15 is 0 Å². The summed E-state index contributed by atoms with van der Waals surface area (Å²) in [6, 6.07) is 0. The fourth-order valence-corrected chi connectivity index (χ4v) is 0. The summed E-state index contributed by atoms with van der Waals surface area (Å²) in [5, 5.41) is 0. The van der Waals surface area contributed by atoms with E-state index in [0.717, 1.165) is 0 Å². The molecular weight excluding hydrogens is 175 g/mol. The second-order valence-electron chi connectivity index (χ2n) is 0.648. The van der Waals surface area contributed by atoms with Gasteiger partial charge in [-0.2, -0.15) is 8.42 Å². The summed E-state index contributed by atoms with van der Waals surface area (Å²) in [7, 11) is -4.25. The molecule has 0 aliphatic heterocycles. The van der Waals surface area contributed by atoms with Crippen LogP contribution in [-0.2, 0) is 10.2 Å². The molecular formula is CH2BrFO2S. The molecule has 0 spiro atoms. The highest BCUT2D eigenvalue weighted by atomic mass is 79.9. The molecule has 0 aliphatic rings. The minimum absolute atomic E-state index is 0.611. The van der Waals surface area contributed by atoms with Crippen LogP contribution in [0, 0.1) is 0 Å². The van der Waals surface area contributed by atoms with Gasteiger partial charge in [-0.3, -0.25) is 0 Å². The largest absolute Gasteiger partial charge is 0.312 e. The average molecular weight is 177 g/mol. The van der Waals surface area contributed by atoms with Gasteiger partial charge < -0.3 is 0 Å². The third-order valence-electron chi connectivity index (χ3n) is 0.130. The van der Waals surface area contributed by atoms with Gasteiger partial charge in [0.2, 0.25) is 0 Å². The lowest BCUT2D eigenvalue weighted by Gasteiger charge is -1.73. The molecule has 0 heterocycles. The van der Waals surface area contributed by atoms with Crippen LogP contribution < -0.4 is 0 Å². The van der Waals surface area contributed by atoms with E-state index < -0.39 is 14.9 Å². The Morgan fingerprint density at radius 2 is 1.83 bits per heavy atom. The van der Waals surface area contributed by atoms with Gasteiger partial charge >= 0.3 is 10.2 Å². The fraction of sp³-hybridized carbons (Fsp3) is 1.00. The first kappa shape index (κ1) is 6.36. The Balaban J connectivity index is 3.85. The van der Waals surface area contributed by atoms with Gasteiger partial charge in [-0.25, -0.2) is 0 Å². The van der Waals surface area contributed by atoms with Crippen LogP contribution in [0.5, 0.6) is 0 Å². The minimum atomic E-state index is -4.25. The molecule has 0 aromatic rings. The third-order valence-corrected chi connectivity index (χ3v) is 2.03. The number of halogens is 2. The van der Waals surface area contributed by atoms with Crippen LogP contribution >= 0.6 is 15.9 Å². The Hall–Kier alpha value is 0.360. The van der Waals surface area contributed by atoms with Crippen LogP contribution in [0.2, 0.25) is 0 Å². The molecule has 0 bridgehead atoms. The predicted molar refractivity (Wildman–Crippen MR) is 23.8 cm³/mol. The van der Waals surface area contributed by atoms with Crippen molar-refractivity contribution in [3.8, 4) is 0 Å². The maximum atomic E-state index is 11.0. The van der Waals surface area contributed by atoms with Crippen LogP contribution in [0.15, 0.2) is 0 Å². The smallest absolute Gasteiger partial charge is 0.194 e. The number of hydrogen-bond acceptors (Lipinski definition) is 2. The number of rotatable bonds is 1. The van der Waals surface area contributed by atoms with Gasteiger partial charge in [0.25, 0.3) is 0 Å². The zero-order valence-electron chi connectivity index (χ0n) is 2.69. The van der Waals surface area contributed by atoms with Gasteiger partial charge in [-0.1, -0.05) is 15.9 Å². The Morgan fingerprint density at radius 3 is 1.83 bits per heavy atom. The molecule has 0 aliphatic carbocycles. The molecule has 0 radical (unpaired) electrons. The summed E-state index contributed by atoms with van der Waals surface area (Å²) in [6.45, 7) is 0. The Bertz CT molecular complexity index is 116. The zero-order valence-corrected chi connectivity index (χ0v) is 5.09. The summed E-state index contributed by atoms with van der Waals surface area (Å²) >= 11 is 2.41. The van der Waals surface area contributed by atoms with Crippen molar-refractivity contribution in [3.05, 3.63) is 0 Å². The quantitative estimate of drug-likeness (QED) is 0.435. The third kappa shape index (κ3) is 4.36. The minimum Gasteiger partial charge on any atom is -0.194 e. The Morgan fingerprint density at radius 1 is 1.67 bits per heavy atom. The van der Waals surface area contributed by atoms with E-state index in [1.807, 2.05) is 0 Å². The van der Waals surface area contributed by atoms with Crippen LogP contribution in [0.1, 0.15) is 0 Å². The summed E-state index contributed by atoms with van der Waals surface area (Å²) in [5.41, 5.74) is 0. The van der Waals surface area contributed by atoms with Gasteiger partial charge in [-0.15, -0.1) is 3.89 Å². The SMILES string of the molecule is O=S(=O)(F)CBr. The number of alkyl halides is 1. The maximum Gasteiger partial charge on any atom is 0.312 e. The van der Waals surface area contributed by atoms with Gasteiger partial charge in [0.15, 0.2) is 0 Å². The van der Waals surface area contributed by atoms with E-state index in [1.54, 1.807) is 0 Å². The first-order chi connectivity index (χ1) is 2.56. The second-order valence-corrected chi connectivity index (χ2v) is 3.32. The van der Waals surface area contributed by atoms with E-state index in [1.165, 1.54) is 0 Å². The Labute approximate surface area is 43.7 Å². The predicted octanol–water partition coefficient (Wildman–Crippen LogP) is 0.638. The highest BCUT2D eigenvalue weighted by Gasteiger charge is 1.99. The lowest BCUT2D eigenvalue weighted by molar-refractivity contribution is 0.558. The Kier molecular flexibility index (Phi) is 1.99. The molecule has 0 fully saturated rings. The first-order valence-electron chi connectivity index (χ1n) is 1.04. The molecule has 0 saturated carbocycles. The molecule has 5 heteroatoms. The first-order valence-corrected chi connectivity index (χ1v) is 3.72. The van der Waals surface area contributed by atoms with Crippen molar-refractivity contribution < 1.29 is 12.3 Å². The lowest BCUT2D eigenvalue weighted by atomic mass is 11.9. The van der Waals surface area contributed by atoms with Crippen LogP contribution in [0.4, 0.5) is 3.89 Å². The van der Waals surface area contributed by atoms with Gasteiger partial charge in [0.05, 0.1) is 0 Å². The van der Waals surface area contributed by atoms with E-state index in [9.17, 15) is 12.3 Å². The van der Waals surface area contributed by atoms with Crippen molar-refractivity contribution >= 4 is 26.2 Å². The molecule has 0 saturated heterocycles. The molecule has 0 atom stereocenters. The van der Waals surface area contributed by atoms with Crippen LogP contribution in [0.25, 0.3) is 0 Å². The summed E-state index contributed by atoms with van der Waals surface area (Å²) in [6.07, 6.45) is 0. The molecule has 2 nitrogen and oxygen atoms in total. The van der Waals surface area contributed by atoms with Crippen molar-refractivity contribution in [2.75, 3.05) is 4.66 Å². The molecule has 6 heavy (non-hydrogen) atoms. The van der Waals surface area contributed by atoms with E-state index in [4.69, 9.17) is 0 Å². The summed E-state index contributed by atoms with van der Waals surface area (Å²) < 4.78 is 29.0. The van der Waals surface area contributed by atoms with Gasteiger partial charge in [0, 0.05) is 0 Å². The van der Waals surface area contributed by atoms with E-state index in [0.29, 0.717) is 0 Å². The monoisotopic (exact) mass is 176 g/mol. The van der Waals surface area contributed by atoms with Crippen molar-refractivity contribution in [2.45, 2.75) is 0 Å². The molecule has 0 aromatic heterocycles. The molecule has 0 aromatic carbocycles. The molecule has 0 rings (SSSR count). The van der Waals surface area contributed by atoms with Crippen LogP contribution in [-0.4, -0.2) is 13.1 Å². The number of hydrogen-bond donors (Lipinski definition) is 0. The average Bonchev–Trinajstić information content (AvgIpc) is 1.35. The lowest BCUT2D eigenvalue weighted by Crippen LogP contribution is -1.86. The molecule has 0 amide bonds. The highest BCUT2D eigenvalue weighted by molar-refractivity contribution is 9.10. The normalized spacial score (nSPS) is 11.7. The fourth-order valence-electron chi connectivity index (χ4n) is 0. The van der Waals surface area contributed by atoms with Crippen molar-refractivity contribution in [1.82, 2.24) is 0 Å². The standard InChI is InChI=1S/CH2BrFO2S/c2-1-6(3,4)5/h1H2. The van der Waals surface area contributed by atoms with E-state index in [2.05, 4.69) is 15.9 Å². The maximum absolute atomic E-state index is 11.0. The van der Waals surface area contributed by atoms with Crippen LogP contribution in [0.3, 0.4) is 0 Å². The second kappa shape index (κ2) is 1.88. The molecule has 0 N–H and O–H groups in total. The van der Waals surface area contributed by atoms with Gasteiger partial charge in [0.1, 0.15) is 4.66 Å². The molecule has 0 unspecified atom stereocenters. The van der Waals surface area contributed by atoms with Crippen molar-refractivity contribution in [1.29, 1.82) is 0 Å². The van der Waals surface area contributed by atoms with E-state index in [-0.39, 0.29) is 0 Å². The van der Waals surface area contributed by atoms with Crippen molar-refractivity contribution in [2.24, 2.45) is 0 Å². The van der Waals surface area contributed by atoms with Crippen molar-refractivity contribution in [3.63, 3.8) is 0 Å². The molecule has 38 valence electrons. The summed E-state index contributed by atoms with van der Waals surface area (Å²) in [5.74, 6) is 0. The zero-order chi connectivity index (χ0) is 5.21. The highest BCUT2D eigenvalue weighted by Crippen LogP contribution is 1.93.